The van der Waals surface area contributed by atoms with Gasteiger partial charge in [-0.15, -0.1) is 4.31 Å². The van der Waals surface area contributed by atoms with Crippen LogP contribution in [0.1, 0.15) is 28.9 Å². The summed E-state index contributed by atoms with van der Waals surface area (Å²) in [5, 5.41) is 4.87. The third kappa shape index (κ3) is 4.40. The number of piperidine rings is 1. The average molecular weight is 501 g/mol. The summed E-state index contributed by atoms with van der Waals surface area (Å²) in [7, 11) is 0. The van der Waals surface area contributed by atoms with Crippen molar-refractivity contribution in [3.8, 4) is 5.69 Å². The second kappa shape index (κ2) is 9.34. The van der Waals surface area contributed by atoms with Gasteiger partial charge in [-0.05, 0) is 86.4 Å². The quantitative estimate of drug-likeness (QED) is 0.243. The summed E-state index contributed by atoms with van der Waals surface area (Å²) in [5.41, 5.74) is 6.67. The first-order valence-corrected chi connectivity index (χ1v) is 13.2. The summed E-state index contributed by atoms with van der Waals surface area (Å²) in [5.74, 6) is -0.458. The highest BCUT2D eigenvalue weighted by Gasteiger charge is 2.45. The predicted molar refractivity (Wildman–Crippen MR) is 142 cm³/mol. The molecular weight excluding hydrogens is 472 g/mol. The predicted octanol–water partition coefficient (Wildman–Crippen LogP) is 6.12. The fourth-order valence-corrected chi connectivity index (χ4v) is 6.81. The Morgan fingerprint density at radius 1 is 0.917 bits per heavy atom. The molecule has 6 heteroatoms. The molecule has 1 aliphatic heterocycles. The molecule has 0 radical (unpaired) electrons. The first kappa shape index (κ1) is 23.2. The number of fused-ring (bicyclic) bond motifs is 2. The number of thiol groups is 1. The third-order valence-corrected chi connectivity index (χ3v) is 8.55. The van der Waals surface area contributed by atoms with E-state index in [1.165, 1.54) is 40.1 Å². The van der Waals surface area contributed by atoms with Gasteiger partial charge in [0.05, 0.1) is 35.6 Å². The molecule has 3 aromatic carbocycles. The molecule has 3 nitrogen and oxygen atoms in total. The van der Waals surface area contributed by atoms with E-state index in [0.717, 1.165) is 55.0 Å². The molecule has 2 heterocycles. The topological polar surface area (TPSA) is 21.1 Å². The number of aromatic nitrogens is 2. The number of aryl methyl sites for hydroxylation is 1. The fourth-order valence-electron chi connectivity index (χ4n) is 5.63. The van der Waals surface area contributed by atoms with E-state index in [0.29, 0.717) is 0 Å². The van der Waals surface area contributed by atoms with E-state index in [2.05, 4.69) is 47.6 Å². The van der Waals surface area contributed by atoms with Crippen LogP contribution >= 0.6 is 0 Å². The van der Waals surface area contributed by atoms with Crippen molar-refractivity contribution >= 4 is 18.0 Å². The van der Waals surface area contributed by atoms with Crippen molar-refractivity contribution in [3.05, 3.63) is 119 Å². The maximum absolute atomic E-state index is 13.7. The van der Waals surface area contributed by atoms with E-state index < -0.39 is 0 Å². The average Bonchev–Trinajstić information content (AvgIpc) is 3.20. The Hall–Kier alpha value is -3.22. The van der Waals surface area contributed by atoms with Gasteiger partial charge in [0.2, 0.25) is 0 Å². The number of rotatable bonds is 5. The summed E-state index contributed by atoms with van der Waals surface area (Å²) in [4.78, 5) is 1.29. The summed E-state index contributed by atoms with van der Waals surface area (Å²) >= 11 is 1.21. The van der Waals surface area contributed by atoms with Crippen LogP contribution < -0.4 is 0 Å². The van der Waals surface area contributed by atoms with Gasteiger partial charge in [0.25, 0.3) is 0 Å². The Morgan fingerprint density at radius 2 is 1.61 bits per heavy atom. The first-order valence-electron chi connectivity index (χ1n) is 12.3. The van der Waals surface area contributed by atoms with Gasteiger partial charge in [-0.25, -0.2) is 13.5 Å². The van der Waals surface area contributed by atoms with Crippen molar-refractivity contribution < 1.29 is 8.78 Å². The Bertz CT molecular complexity index is 1410. The molecule has 6 rings (SSSR count). The van der Waals surface area contributed by atoms with Gasteiger partial charge in [-0.3, -0.25) is 0 Å². The Labute approximate surface area is 214 Å². The Morgan fingerprint density at radius 3 is 2.33 bits per heavy atom. The summed E-state index contributed by atoms with van der Waals surface area (Å²) < 4.78 is 31.7. The van der Waals surface area contributed by atoms with Gasteiger partial charge in [-0.2, -0.15) is 5.10 Å². The Kier molecular flexibility index (Phi) is 6.02. The molecule has 0 spiro atoms. The molecule has 36 heavy (non-hydrogen) atoms. The van der Waals surface area contributed by atoms with Crippen LogP contribution in [0.25, 0.3) is 11.8 Å². The Balaban J connectivity index is 1.39. The van der Waals surface area contributed by atoms with Crippen molar-refractivity contribution in [2.75, 3.05) is 13.1 Å². The zero-order valence-corrected chi connectivity index (χ0v) is 21.1. The molecule has 1 saturated heterocycles. The molecule has 1 atom stereocenters. The summed E-state index contributed by atoms with van der Waals surface area (Å²) in [6.07, 6.45) is 5.01. The van der Waals surface area contributed by atoms with Crippen LogP contribution in [0.2, 0.25) is 0 Å². The van der Waals surface area contributed by atoms with E-state index in [1.54, 1.807) is 24.3 Å². The van der Waals surface area contributed by atoms with E-state index in [9.17, 15) is 8.78 Å². The van der Waals surface area contributed by atoms with Crippen LogP contribution in [-0.4, -0.2) is 27.2 Å². The minimum atomic E-state index is -0.252. The highest BCUT2D eigenvalue weighted by molar-refractivity contribution is 7.76. The van der Waals surface area contributed by atoms with Crippen molar-refractivity contribution in [1.29, 1.82) is 0 Å². The van der Waals surface area contributed by atoms with Crippen molar-refractivity contribution in [1.82, 2.24) is 14.1 Å². The number of nitrogens with zero attached hydrogens (tertiary/aromatic N) is 3. The fraction of sp³-hybridized carbons (Fsp3) is 0.233. The van der Waals surface area contributed by atoms with Gasteiger partial charge in [0.1, 0.15) is 11.6 Å². The van der Waals surface area contributed by atoms with E-state index in [4.69, 9.17) is 5.10 Å². The zero-order valence-electron chi connectivity index (χ0n) is 20.2. The zero-order chi connectivity index (χ0) is 24.7. The molecule has 0 N–H and O–H groups in total. The van der Waals surface area contributed by atoms with Gasteiger partial charge in [0.15, 0.2) is 4.90 Å². The highest BCUT2D eigenvalue weighted by Crippen LogP contribution is 2.47. The van der Waals surface area contributed by atoms with Crippen LogP contribution in [-0.2, 0) is 24.8 Å². The minimum absolute atomic E-state index is 0.0910. The molecular formula is C30H28F2N3S+. The molecule has 1 unspecified atom stereocenters. The number of hydrogen-bond donors (Lipinski definition) is 0. The monoisotopic (exact) mass is 500 g/mol. The van der Waals surface area contributed by atoms with Crippen LogP contribution in [0, 0.1) is 24.0 Å². The maximum atomic E-state index is 13.7. The second-order valence-corrected chi connectivity index (χ2v) is 11.1. The molecule has 1 aromatic heterocycles. The van der Waals surface area contributed by atoms with Crippen molar-refractivity contribution in [3.63, 3.8) is 0 Å². The van der Waals surface area contributed by atoms with Crippen LogP contribution in [0.3, 0.4) is 0 Å². The lowest BCUT2D eigenvalue weighted by Crippen LogP contribution is -2.47. The molecule has 0 bridgehead atoms. The molecule has 0 amide bonds. The normalized spacial score (nSPS) is 19.5. The molecule has 182 valence electrons. The highest BCUT2D eigenvalue weighted by atomic mass is 32.2. The van der Waals surface area contributed by atoms with Crippen molar-refractivity contribution in [2.45, 2.75) is 31.1 Å². The molecule has 0 saturated carbocycles. The van der Waals surface area contributed by atoms with E-state index >= 15 is 0 Å². The molecule has 4 aromatic rings. The lowest BCUT2D eigenvalue weighted by molar-refractivity contribution is 0.220. The second-order valence-electron chi connectivity index (χ2n) is 9.84. The van der Waals surface area contributed by atoms with E-state index in [-0.39, 0.29) is 17.0 Å². The SMILES string of the molecule is Cc1nn(-c2ccc(F)cc2)c2c1CC1(Cc3ccc(F)cc3)CN([SH+]c3ccccc3)CCC1=C2. The molecule has 1 aliphatic carbocycles. The smallest absolute Gasteiger partial charge is 0.173 e. The minimum Gasteiger partial charge on any atom is -0.233 e. The maximum Gasteiger partial charge on any atom is 0.173 e. The lowest BCUT2D eigenvalue weighted by atomic mass is 9.65. The van der Waals surface area contributed by atoms with Crippen LogP contribution in [0.15, 0.2) is 89.3 Å². The van der Waals surface area contributed by atoms with Gasteiger partial charge >= 0.3 is 0 Å². The standard InChI is InChI=1S/C30H27F2N3S/c1-21-28-19-30(18-22-7-9-24(31)10-8-22)20-34(36-27-5-3-2-4-6-27)16-15-23(30)17-29(28)35(33-21)26-13-11-25(32)12-14-26/h2-14,17H,15-16,18-20H2,1H3/p+1. The largest absolute Gasteiger partial charge is 0.233 e. The van der Waals surface area contributed by atoms with Gasteiger partial charge in [-0.1, -0.05) is 35.9 Å². The molecule has 1 fully saturated rings. The van der Waals surface area contributed by atoms with Crippen LogP contribution in [0.5, 0.6) is 0 Å². The number of halogens is 2. The van der Waals surface area contributed by atoms with Gasteiger partial charge < -0.3 is 0 Å². The number of benzene rings is 3. The summed E-state index contributed by atoms with van der Waals surface area (Å²) in [6.45, 7) is 3.96. The summed E-state index contributed by atoms with van der Waals surface area (Å²) in [6, 6.07) is 24.1. The van der Waals surface area contributed by atoms with E-state index in [1.807, 2.05) is 16.8 Å². The van der Waals surface area contributed by atoms with Gasteiger partial charge in [0, 0.05) is 17.5 Å². The molecule has 2 aliphatic rings. The van der Waals surface area contributed by atoms with Crippen LogP contribution in [0.4, 0.5) is 8.78 Å². The third-order valence-electron chi connectivity index (χ3n) is 7.40. The number of hydrogen-bond acceptors (Lipinski definition) is 2. The first-order chi connectivity index (χ1) is 17.5. The lowest BCUT2D eigenvalue weighted by Gasteiger charge is -2.44. The van der Waals surface area contributed by atoms with Crippen molar-refractivity contribution in [2.24, 2.45) is 5.41 Å².